The van der Waals surface area contributed by atoms with Crippen molar-refractivity contribution >= 4 is 10.0 Å². The van der Waals surface area contributed by atoms with Crippen molar-refractivity contribution in [1.29, 1.82) is 0 Å². The van der Waals surface area contributed by atoms with Crippen LogP contribution in [0.1, 0.15) is 32.6 Å². The number of rotatable bonds is 5. The molecule has 0 saturated carbocycles. The molecule has 1 N–H and O–H groups in total. The molecular weight excluding hydrogens is 242 g/mol. The SMILES string of the molecule is COCCCS(=O)(=O)N1CCCC(C)(O)CC1. The highest BCUT2D eigenvalue weighted by Crippen LogP contribution is 2.23. The van der Waals surface area contributed by atoms with E-state index in [2.05, 4.69) is 0 Å². The maximum absolute atomic E-state index is 12.0. The van der Waals surface area contributed by atoms with Gasteiger partial charge in [0.05, 0.1) is 11.4 Å². The Hall–Kier alpha value is -0.170. The third-order valence-corrected chi connectivity index (χ3v) is 5.12. The molecule has 1 aliphatic heterocycles. The summed E-state index contributed by atoms with van der Waals surface area (Å²) in [7, 11) is -1.62. The molecule has 0 radical (unpaired) electrons. The van der Waals surface area contributed by atoms with Crippen LogP contribution in [0.25, 0.3) is 0 Å². The van der Waals surface area contributed by atoms with Crippen LogP contribution in [0.5, 0.6) is 0 Å². The first kappa shape index (κ1) is 14.9. The van der Waals surface area contributed by atoms with Gasteiger partial charge in [-0.25, -0.2) is 12.7 Å². The third-order valence-electron chi connectivity index (χ3n) is 3.17. The molecule has 0 spiro atoms. The maximum atomic E-state index is 12.0. The minimum Gasteiger partial charge on any atom is -0.390 e. The molecule has 1 unspecified atom stereocenters. The molecule has 0 bridgehead atoms. The van der Waals surface area contributed by atoms with Crippen molar-refractivity contribution in [2.75, 3.05) is 32.6 Å². The molecule has 0 aromatic rings. The molecule has 1 rings (SSSR count). The Morgan fingerprint density at radius 2 is 2.06 bits per heavy atom. The standard InChI is InChI=1S/C11H23NO4S/c1-11(13)5-3-7-12(8-6-11)17(14,15)10-4-9-16-2/h13H,3-10H2,1-2H3. The summed E-state index contributed by atoms with van der Waals surface area (Å²) in [5, 5.41) is 9.91. The molecule has 6 heteroatoms. The molecule has 5 nitrogen and oxygen atoms in total. The highest BCUT2D eigenvalue weighted by atomic mass is 32.2. The molecule has 0 aromatic carbocycles. The molecule has 0 amide bonds. The lowest BCUT2D eigenvalue weighted by atomic mass is 9.98. The lowest BCUT2D eigenvalue weighted by molar-refractivity contribution is 0.0465. The van der Waals surface area contributed by atoms with Gasteiger partial charge in [-0.15, -0.1) is 0 Å². The predicted molar refractivity (Wildman–Crippen MR) is 66.3 cm³/mol. The summed E-state index contributed by atoms with van der Waals surface area (Å²) in [6, 6.07) is 0. The molecule has 1 aliphatic rings. The van der Waals surface area contributed by atoms with E-state index >= 15 is 0 Å². The van der Waals surface area contributed by atoms with Crippen molar-refractivity contribution in [3.05, 3.63) is 0 Å². The highest BCUT2D eigenvalue weighted by molar-refractivity contribution is 7.89. The molecule has 1 fully saturated rings. The normalized spacial score (nSPS) is 27.9. The number of methoxy groups -OCH3 is 1. The molecule has 102 valence electrons. The quantitative estimate of drug-likeness (QED) is 0.739. The Morgan fingerprint density at radius 3 is 2.71 bits per heavy atom. The summed E-state index contributed by atoms with van der Waals surface area (Å²) in [5.74, 6) is 0.128. The largest absolute Gasteiger partial charge is 0.390 e. The molecule has 1 saturated heterocycles. The van der Waals surface area contributed by atoms with Gasteiger partial charge in [0.1, 0.15) is 0 Å². The first-order chi connectivity index (χ1) is 7.87. The van der Waals surface area contributed by atoms with E-state index in [4.69, 9.17) is 4.74 Å². The topological polar surface area (TPSA) is 66.8 Å². The van der Waals surface area contributed by atoms with Crippen molar-refractivity contribution in [3.8, 4) is 0 Å². The summed E-state index contributed by atoms with van der Waals surface area (Å²) >= 11 is 0. The van der Waals surface area contributed by atoms with Gasteiger partial charge in [-0.05, 0) is 32.6 Å². The Balaban J connectivity index is 2.54. The zero-order valence-corrected chi connectivity index (χ0v) is 11.5. The van der Waals surface area contributed by atoms with Crippen LogP contribution in [-0.2, 0) is 14.8 Å². The number of hydrogen-bond acceptors (Lipinski definition) is 4. The van der Waals surface area contributed by atoms with Crippen molar-refractivity contribution in [2.24, 2.45) is 0 Å². The fourth-order valence-electron chi connectivity index (χ4n) is 2.03. The number of sulfonamides is 1. The Kier molecular flexibility index (Phi) is 5.37. The van der Waals surface area contributed by atoms with Crippen molar-refractivity contribution in [3.63, 3.8) is 0 Å². The van der Waals surface area contributed by atoms with Crippen molar-refractivity contribution in [2.45, 2.75) is 38.2 Å². The summed E-state index contributed by atoms with van der Waals surface area (Å²) < 4.78 is 30.4. The van der Waals surface area contributed by atoms with E-state index in [9.17, 15) is 13.5 Å². The second kappa shape index (κ2) is 6.13. The van der Waals surface area contributed by atoms with Gasteiger partial charge in [0.15, 0.2) is 0 Å². The highest BCUT2D eigenvalue weighted by Gasteiger charge is 2.30. The average Bonchev–Trinajstić information content (AvgIpc) is 2.40. The van der Waals surface area contributed by atoms with E-state index in [1.807, 2.05) is 0 Å². The number of aliphatic hydroxyl groups is 1. The van der Waals surface area contributed by atoms with Crippen LogP contribution >= 0.6 is 0 Å². The summed E-state index contributed by atoms with van der Waals surface area (Å²) in [6.07, 6.45) is 2.41. The van der Waals surface area contributed by atoms with E-state index in [-0.39, 0.29) is 5.75 Å². The zero-order chi connectivity index (χ0) is 12.9. The molecule has 1 heterocycles. The van der Waals surface area contributed by atoms with Gasteiger partial charge < -0.3 is 9.84 Å². The first-order valence-corrected chi connectivity index (χ1v) is 7.67. The van der Waals surface area contributed by atoms with Gasteiger partial charge in [0, 0.05) is 26.8 Å². The fourth-order valence-corrected chi connectivity index (χ4v) is 3.55. The van der Waals surface area contributed by atoms with Gasteiger partial charge in [-0.3, -0.25) is 0 Å². The van der Waals surface area contributed by atoms with Crippen molar-refractivity contribution < 1.29 is 18.3 Å². The second-order valence-electron chi connectivity index (χ2n) is 4.91. The van der Waals surface area contributed by atoms with E-state index in [1.54, 1.807) is 14.0 Å². The van der Waals surface area contributed by atoms with E-state index in [0.717, 1.165) is 6.42 Å². The van der Waals surface area contributed by atoms with Crippen molar-refractivity contribution in [1.82, 2.24) is 4.31 Å². The molecule has 17 heavy (non-hydrogen) atoms. The second-order valence-corrected chi connectivity index (χ2v) is 7.00. The summed E-state index contributed by atoms with van der Waals surface area (Å²) in [4.78, 5) is 0. The van der Waals surface area contributed by atoms with Gasteiger partial charge in [0.2, 0.25) is 10.0 Å². The van der Waals surface area contributed by atoms with Gasteiger partial charge in [-0.1, -0.05) is 0 Å². The third kappa shape index (κ3) is 4.91. The van der Waals surface area contributed by atoms with Crippen LogP contribution < -0.4 is 0 Å². The lowest BCUT2D eigenvalue weighted by Gasteiger charge is -2.22. The molecule has 1 atom stereocenters. The van der Waals surface area contributed by atoms with E-state index in [0.29, 0.717) is 39.0 Å². The zero-order valence-electron chi connectivity index (χ0n) is 10.7. The summed E-state index contributed by atoms with van der Waals surface area (Å²) in [5.41, 5.74) is -0.725. The minimum atomic E-state index is -3.19. The molecular formula is C11H23NO4S. The molecule has 0 aromatic heterocycles. The maximum Gasteiger partial charge on any atom is 0.214 e. The van der Waals surface area contributed by atoms with E-state index < -0.39 is 15.6 Å². The Labute approximate surface area is 104 Å². The van der Waals surface area contributed by atoms with Crippen LogP contribution in [0.4, 0.5) is 0 Å². The van der Waals surface area contributed by atoms with Gasteiger partial charge >= 0.3 is 0 Å². The monoisotopic (exact) mass is 265 g/mol. The van der Waals surface area contributed by atoms with Crippen LogP contribution in [0.15, 0.2) is 0 Å². The first-order valence-electron chi connectivity index (χ1n) is 6.06. The summed E-state index contributed by atoms with van der Waals surface area (Å²) in [6.45, 7) is 3.17. The van der Waals surface area contributed by atoms with Crippen LogP contribution in [0.3, 0.4) is 0 Å². The van der Waals surface area contributed by atoms with Crippen LogP contribution in [0.2, 0.25) is 0 Å². The number of nitrogens with zero attached hydrogens (tertiary/aromatic N) is 1. The predicted octanol–water partition coefficient (Wildman–Crippen LogP) is 0.590. The Bertz CT molecular complexity index is 326. The van der Waals surface area contributed by atoms with Gasteiger partial charge in [0.25, 0.3) is 0 Å². The fraction of sp³-hybridized carbons (Fsp3) is 1.00. The number of hydrogen-bond donors (Lipinski definition) is 1. The Morgan fingerprint density at radius 1 is 1.35 bits per heavy atom. The lowest BCUT2D eigenvalue weighted by Crippen LogP contribution is -2.35. The van der Waals surface area contributed by atoms with Gasteiger partial charge in [-0.2, -0.15) is 0 Å². The van der Waals surface area contributed by atoms with E-state index in [1.165, 1.54) is 4.31 Å². The van der Waals surface area contributed by atoms with Crippen LogP contribution in [-0.4, -0.2) is 56.0 Å². The average molecular weight is 265 g/mol. The molecule has 0 aliphatic carbocycles. The smallest absolute Gasteiger partial charge is 0.214 e. The number of ether oxygens (including phenoxy) is 1. The minimum absolute atomic E-state index is 0.128. The van der Waals surface area contributed by atoms with Crippen LogP contribution in [0, 0.1) is 0 Å².